The van der Waals surface area contributed by atoms with Gasteiger partial charge in [-0.1, -0.05) is 22.2 Å². The lowest BCUT2D eigenvalue weighted by molar-refractivity contribution is -0.192. The summed E-state index contributed by atoms with van der Waals surface area (Å²) >= 11 is 0. The highest BCUT2D eigenvalue weighted by atomic mass is 32.2. The van der Waals surface area contributed by atoms with Gasteiger partial charge in [0.1, 0.15) is 18.0 Å². The summed E-state index contributed by atoms with van der Waals surface area (Å²) in [5, 5.41) is 25.4. The van der Waals surface area contributed by atoms with Gasteiger partial charge in [-0.25, -0.2) is 27.5 Å². The third-order valence-electron chi connectivity index (χ3n) is 12.9. The van der Waals surface area contributed by atoms with Crippen molar-refractivity contribution in [3.63, 3.8) is 0 Å². The number of anilines is 1. The molecule has 3 fully saturated rings. The number of alkyl halides is 4. The average molecular weight is 1040 g/mol. The number of nitriles is 1. The highest BCUT2D eigenvalue weighted by Gasteiger charge is 2.38. The molecule has 2 amide bonds. The lowest BCUT2D eigenvalue weighted by Crippen LogP contribution is -2.39. The van der Waals surface area contributed by atoms with Crippen LogP contribution in [0, 0.1) is 17.2 Å². The number of carbonyl (C=O) groups excluding carboxylic acids is 2. The summed E-state index contributed by atoms with van der Waals surface area (Å²) in [5.74, 6) is 1.53. The molecule has 4 unspecified atom stereocenters. The van der Waals surface area contributed by atoms with E-state index in [0.29, 0.717) is 65.9 Å². The highest BCUT2D eigenvalue weighted by Crippen LogP contribution is 2.39. The maximum absolute atomic E-state index is 14.4. The van der Waals surface area contributed by atoms with E-state index in [1.807, 2.05) is 23.5 Å². The lowest BCUT2D eigenvalue weighted by Gasteiger charge is -2.34. The Morgan fingerprint density at radius 2 is 1.75 bits per heavy atom. The number of aliphatic carboxylic acids is 1. The molecule has 1 aliphatic carbocycles. The Hall–Kier alpha value is -5.85. The Morgan fingerprint density at radius 3 is 2.31 bits per heavy atom. The fourth-order valence-electron chi connectivity index (χ4n) is 9.13. The van der Waals surface area contributed by atoms with E-state index in [1.54, 1.807) is 34.6 Å². The first-order chi connectivity index (χ1) is 34.2. The second kappa shape index (κ2) is 25.2. The Kier molecular flexibility index (Phi) is 20.0. The summed E-state index contributed by atoms with van der Waals surface area (Å²) in [5.41, 5.74) is 8.35. The number of carbonyl (C=O) groups is 3. The molecule has 1 saturated carbocycles. The number of nitrogens with two attached hydrogens (primary N) is 1. The smallest absolute Gasteiger partial charge is 0.475 e. The number of hydrogen-bond acceptors (Lipinski definition) is 11. The molecule has 4 aromatic rings. The zero-order valence-corrected chi connectivity index (χ0v) is 43.0. The first kappa shape index (κ1) is 57.1. The fourth-order valence-corrected chi connectivity index (χ4v) is 11.1. The summed E-state index contributed by atoms with van der Waals surface area (Å²) < 4.78 is 65.9. The normalized spacial score (nSPS) is 17.6. The van der Waals surface area contributed by atoms with E-state index in [0.717, 1.165) is 68.1 Å². The molecule has 0 radical (unpaired) electrons. The standard InChI is InChI=1S/C46H58FN10O4PS.C2HF3O2.CH5N/c1-30(29-54-18-13-31(14-19-54)32-8-12-39-41(26-32)53(4)52-44(39)56(17-6-22-58)46(60)50-3)23-34-24-38(11-7-33(34)27-48)63(5,61)55-20-15-36(16-21-55)51-28-35-25-40(42(47)62)45(59)57(37-9-10-37)43(35)49-2;3-2(4,5)1(6)7;1-2/h7-8,11-12,22,24-26,28,30-31,36-37,42H,2,5-6,9-10,13-21,23,29,62H2,1,3-4H3,(H,50,60);(H,6,7);2H2,1H3. The summed E-state index contributed by atoms with van der Waals surface area (Å²) in [4.78, 5) is 59.2. The zero-order chi connectivity index (χ0) is 53.1. The van der Waals surface area contributed by atoms with Crippen LogP contribution in [-0.2, 0) is 32.8 Å². The van der Waals surface area contributed by atoms with Gasteiger partial charge in [-0.3, -0.25) is 23.9 Å². The van der Waals surface area contributed by atoms with Crippen molar-refractivity contribution in [3.05, 3.63) is 80.6 Å². The minimum Gasteiger partial charge on any atom is -0.475 e. The van der Waals surface area contributed by atoms with Crippen LogP contribution in [0.3, 0.4) is 0 Å². The number of hydrogen-bond donors (Lipinski definition) is 3. The zero-order valence-electron chi connectivity index (χ0n) is 41.0. The van der Waals surface area contributed by atoms with Gasteiger partial charge in [-0.15, -0.1) is 0 Å². The van der Waals surface area contributed by atoms with Crippen LogP contribution in [0.5, 0.6) is 0 Å². The third-order valence-corrected chi connectivity index (χ3v) is 15.5. The van der Waals surface area contributed by atoms with E-state index in [4.69, 9.17) is 14.9 Å². The quantitative estimate of drug-likeness (QED) is 0.0354. The van der Waals surface area contributed by atoms with Crippen LogP contribution in [-0.4, -0.2) is 136 Å². The number of carboxylic acid groups (broad SMARTS) is 1. The topological polar surface area (TPSA) is 225 Å². The summed E-state index contributed by atoms with van der Waals surface area (Å²) in [6, 6.07) is 15.3. The molecule has 4 N–H and O–H groups in total. The fraction of sp³-hybridized carbons (Fsp3) is 0.490. The minimum atomic E-state index is -5.08. The number of carboxylic acids is 1. The van der Waals surface area contributed by atoms with E-state index >= 15 is 0 Å². The van der Waals surface area contributed by atoms with E-state index in [-0.39, 0.29) is 48.1 Å². The van der Waals surface area contributed by atoms with Crippen LogP contribution >= 0.6 is 9.24 Å². The van der Waals surface area contributed by atoms with Gasteiger partial charge in [0.05, 0.1) is 38.5 Å². The van der Waals surface area contributed by atoms with Gasteiger partial charge >= 0.3 is 18.2 Å². The molecule has 2 aromatic heterocycles. The second-order valence-corrected chi connectivity index (χ2v) is 20.8. The largest absolute Gasteiger partial charge is 0.490 e. The van der Waals surface area contributed by atoms with Crippen molar-refractivity contribution in [1.82, 2.24) is 28.9 Å². The number of benzene rings is 2. The number of piperidine rings is 2. The molecular formula is C49H64F4N11O6PS. The molecule has 3 aliphatic rings. The molecular weight excluding hydrogens is 978 g/mol. The number of likely N-dealkylation sites (tertiary alicyclic amines) is 1. The molecule has 4 heterocycles. The van der Waals surface area contributed by atoms with Crippen molar-refractivity contribution in [2.75, 3.05) is 58.3 Å². The molecule has 2 aromatic carbocycles. The SMILES string of the molecule is C=Nc1c(C=NC2CCN(S(=C)(=O)c3ccc(C#N)c(CC(C)CN4CCC(c5ccc6c(N(CCC=O)C(=O)NC)nn(C)c6c5)CC4)c3)CC2)cc(C(F)P)c(=O)n1C1CC1.CN.O=C(O)C(F)(F)F. The summed E-state index contributed by atoms with van der Waals surface area (Å²) in [7, 11) is 4.14. The lowest BCUT2D eigenvalue weighted by atomic mass is 9.88. The first-order valence-electron chi connectivity index (χ1n) is 23.6. The van der Waals surface area contributed by atoms with Crippen LogP contribution in [0.2, 0.25) is 0 Å². The number of aromatic nitrogens is 3. The Labute approximate surface area is 419 Å². The number of nitrogens with zero attached hydrogens (tertiary/aromatic N) is 9. The predicted octanol–water partition coefficient (Wildman–Crippen LogP) is 6.69. The average Bonchev–Trinajstić information content (AvgIpc) is 4.16. The number of rotatable bonds is 16. The number of pyridine rings is 1. The Balaban J connectivity index is 0.000000985. The van der Waals surface area contributed by atoms with E-state index in [2.05, 4.69) is 73.0 Å². The predicted molar refractivity (Wildman–Crippen MR) is 277 cm³/mol. The second-order valence-electron chi connectivity index (χ2n) is 17.9. The van der Waals surface area contributed by atoms with Gasteiger partial charge in [0, 0.05) is 74.8 Å². The molecule has 0 spiro atoms. The van der Waals surface area contributed by atoms with Crippen molar-refractivity contribution in [1.29, 1.82) is 5.26 Å². The number of aryl methyl sites for hydroxylation is 1. The number of fused-ring (bicyclic) bond motifs is 1. The number of aldehydes is 1. The molecule has 72 heavy (non-hydrogen) atoms. The molecule has 4 atom stereocenters. The van der Waals surface area contributed by atoms with Crippen molar-refractivity contribution in [2.24, 2.45) is 28.7 Å². The van der Waals surface area contributed by atoms with Crippen LogP contribution in [0.15, 0.2) is 62.1 Å². The van der Waals surface area contributed by atoms with Gasteiger partial charge in [-0.05, 0) is 137 Å². The van der Waals surface area contributed by atoms with Gasteiger partial charge in [0.15, 0.2) is 5.82 Å². The van der Waals surface area contributed by atoms with Crippen LogP contribution in [0.1, 0.15) is 97.6 Å². The molecule has 2 aliphatic heterocycles. The molecule has 23 heteroatoms. The molecule has 2 saturated heterocycles. The van der Waals surface area contributed by atoms with Gasteiger partial charge in [-0.2, -0.15) is 23.5 Å². The Bertz CT molecular complexity index is 2830. The molecule has 17 nitrogen and oxygen atoms in total. The van der Waals surface area contributed by atoms with Crippen molar-refractivity contribution < 1.29 is 41.3 Å². The van der Waals surface area contributed by atoms with E-state index in [1.165, 1.54) is 23.6 Å². The van der Waals surface area contributed by atoms with E-state index in [9.17, 15) is 41.4 Å². The highest BCUT2D eigenvalue weighted by molar-refractivity contribution is 7.98. The van der Waals surface area contributed by atoms with Crippen molar-refractivity contribution in [3.8, 4) is 6.07 Å². The number of aliphatic imine (C=N–C) groups is 2. The van der Waals surface area contributed by atoms with Crippen LogP contribution in [0.4, 0.5) is 34.0 Å². The third kappa shape index (κ3) is 13.8. The van der Waals surface area contributed by atoms with Crippen LogP contribution < -0.4 is 21.5 Å². The molecule has 0 bridgehead atoms. The van der Waals surface area contributed by atoms with Gasteiger partial charge in [0.25, 0.3) is 5.56 Å². The maximum Gasteiger partial charge on any atom is 0.490 e. The minimum absolute atomic E-state index is 0.00615. The van der Waals surface area contributed by atoms with Crippen molar-refractivity contribution in [2.45, 2.75) is 93.3 Å². The molecule has 390 valence electrons. The van der Waals surface area contributed by atoms with Crippen LogP contribution in [0.25, 0.3) is 10.9 Å². The number of amides is 2. The number of urea groups is 1. The number of nitrogens with one attached hydrogen (secondary N) is 1. The monoisotopic (exact) mass is 1040 g/mol. The first-order valence-corrected chi connectivity index (χ1v) is 25.9. The van der Waals surface area contributed by atoms with E-state index < -0.39 is 27.8 Å². The maximum atomic E-state index is 14.4. The summed E-state index contributed by atoms with van der Waals surface area (Å²) in [6.07, 6.45) is 3.22. The number of halogens is 4. The summed E-state index contributed by atoms with van der Waals surface area (Å²) in [6.45, 7) is 9.90. The van der Waals surface area contributed by atoms with Gasteiger partial charge in [0.2, 0.25) is 0 Å². The van der Waals surface area contributed by atoms with Gasteiger partial charge < -0.3 is 25.9 Å². The van der Waals surface area contributed by atoms with Crippen molar-refractivity contribution >= 4 is 78.6 Å². The Morgan fingerprint density at radius 1 is 1.10 bits per heavy atom. The molecule has 7 rings (SSSR count).